The molecule has 26 heavy (non-hydrogen) atoms. The van der Waals surface area contributed by atoms with Crippen LogP contribution in [0.25, 0.3) is 0 Å². The SMILES string of the molecule is COc1ccc(C(=O)N[C@H](C(=O)Nc2cccc(C)c2C)C(C)C)cc1. The van der Waals surface area contributed by atoms with Crippen molar-refractivity contribution in [2.24, 2.45) is 5.92 Å². The summed E-state index contributed by atoms with van der Waals surface area (Å²) < 4.78 is 5.10. The van der Waals surface area contributed by atoms with Crippen LogP contribution in [0.3, 0.4) is 0 Å². The average molecular weight is 354 g/mol. The molecule has 0 unspecified atom stereocenters. The third kappa shape index (κ3) is 4.63. The summed E-state index contributed by atoms with van der Waals surface area (Å²) in [5.41, 5.74) is 3.37. The number of nitrogens with one attached hydrogen (secondary N) is 2. The molecule has 1 atom stereocenters. The predicted octanol–water partition coefficient (Wildman–Crippen LogP) is 3.71. The average Bonchev–Trinajstić information content (AvgIpc) is 2.63. The second-order valence-electron chi connectivity index (χ2n) is 6.66. The lowest BCUT2D eigenvalue weighted by Crippen LogP contribution is -2.47. The molecule has 0 saturated carbocycles. The molecular formula is C21H26N2O3. The molecule has 0 fully saturated rings. The van der Waals surface area contributed by atoms with Crippen LogP contribution in [0.4, 0.5) is 5.69 Å². The molecular weight excluding hydrogens is 328 g/mol. The van der Waals surface area contributed by atoms with Crippen molar-refractivity contribution >= 4 is 17.5 Å². The van der Waals surface area contributed by atoms with Crippen molar-refractivity contribution in [3.8, 4) is 5.75 Å². The Bertz CT molecular complexity index is 782. The molecule has 0 aromatic heterocycles. The second kappa shape index (κ2) is 8.52. The fourth-order valence-electron chi connectivity index (χ4n) is 2.60. The number of ether oxygens (including phenoxy) is 1. The van der Waals surface area contributed by atoms with Crippen LogP contribution in [0.1, 0.15) is 35.3 Å². The number of hydrogen-bond acceptors (Lipinski definition) is 3. The van der Waals surface area contributed by atoms with Crippen LogP contribution < -0.4 is 15.4 Å². The molecule has 2 aromatic carbocycles. The van der Waals surface area contributed by atoms with E-state index in [4.69, 9.17) is 4.74 Å². The van der Waals surface area contributed by atoms with E-state index in [1.54, 1.807) is 31.4 Å². The smallest absolute Gasteiger partial charge is 0.251 e. The Hall–Kier alpha value is -2.82. The molecule has 2 N–H and O–H groups in total. The standard InChI is InChI=1S/C21H26N2O3/c1-13(2)19(21(25)22-18-8-6-7-14(3)15(18)4)23-20(24)16-9-11-17(26-5)12-10-16/h6-13,19H,1-5H3,(H,22,25)(H,23,24)/t19-/m0/s1. The highest BCUT2D eigenvalue weighted by Crippen LogP contribution is 2.19. The van der Waals surface area contributed by atoms with Crippen molar-refractivity contribution in [1.82, 2.24) is 5.32 Å². The van der Waals surface area contributed by atoms with E-state index < -0.39 is 6.04 Å². The number of anilines is 1. The van der Waals surface area contributed by atoms with Crippen LogP contribution in [0, 0.1) is 19.8 Å². The largest absolute Gasteiger partial charge is 0.497 e. The van der Waals surface area contributed by atoms with Crippen molar-refractivity contribution in [2.75, 3.05) is 12.4 Å². The zero-order valence-corrected chi connectivity index (χ0v) is 15.9. The predicted molar refractivity (Wildman–Crippen MR) is 104 cm³/mol. The highest BCUT2D eigenvalue weighted by molar-refractivity contribution is 6.01. The van der Waals surface area contributed by atoms with Crippen molar-refractivity contribution in [1.29, 1.82) is 0 Å². The van der Waals surface area contributed by atoms with Crippen LogP contribution in [-0.2, 0) is 4.79 Å². The Morgan fingerprint density at radius 2 is 1.65 bits per heavy atom. The van der Waals surface area contributed by atoms with E-state index in [0.717, 1.165) is 16.8 Å². The Morgan fingerprint density at radius 3 is 2.23 bits per heavy atom. The van der Waals surface area contributed by atoms with Crippen molar-refractivity contribution < 1.29 is 14.3 Å². The van der Waals surface area contributed by atoms with E-state index in [-0.39, 0.29) is 17.7 Å². The Morgan fingerprint density at radius 1 is 1.00 bits per heavy atom. The molecule has 2 rings (SSSR count). The van der Waals surface area contributed by atoms with Gasteiger partial charge in [0.1, 0.15) is 11.8 Å². The Labute approximate surface area is 154 Å². The number of hydrogen-bond donors (Lipinski definition) is 2. The summed E-state index contributed by atoms with van der Waals surface area (Å²) in [6.45, 7) is 7.77. The number of amides is 2. The summed E-state index contributed by atoms with van der Waals surface area (Å²) in [5, 5.41) is 5.77. The van der Waals surface area contributed by atoms with Gasteiger partial charge in [0.2, 0.25) is 5.91 Å². The maximum absolute atomic E-state index is 12.7. The van der Waals surface area contributed by atoms with E-state index in [2.05, 4.69) is 10.6 Å². The summed E-state index contributed by atoms with van der Waals surface area (Å²) in [6, 6.07) is 11.9. The van der Waals surface area contributed by atoms with Gasteiger partial charge in [-0.05, 0) is 61.2 Å². The fraction of sp³-hybridized carbons (Fsp3) is 0.333. The Kier molecular flexibility index (Phi) is 6.39. The third-order valence-electron chi connectivity index (χ3n) is 4.45. The molecule has 0 heterocycles. The Balaban J connectivity index is 2.13. The minimum absolute atomic E-state index is 0.0534. The van der Waals surface area contributed by atoms with Gasteiger partial charge in [-0.1, -0.05) is 26.0 Å². The summed E-state index contributed by atoms with van der Waals surface area (Å²) in [5.74, 6) is 0.106. The molecule has 0 aliphatic heterocycles. The van der Waals surface area contributed by atoms with Gasteiger partial charge in [-0.25, -0.2) is 0 Å². The summed E-state index contributed by atoms with van der Waals surface area (Å²) in [4.78, 5) is 25.2. The van der Waals surface area contributed by atoms with E-state index in [1.807, 2.05) is 45.9 Å². The van der Waals surface area contributed by atoms with Crippen LogP contribution in [0.15, 0.2) is 42.5 Å². The minimum Gasteiger partial charge on any atom is -0.497 e. The lowest BCUT2D eigenvalue weighted by molar-refractivity contribution is -0.118. The van der Waals surface area contributed by atoms with Gasteiger partial charge in [0, 0.05) is 11.3 Å². The molecule has 2 amide bonds. The molecule has 138 valence electrons. The van der Waals surface area contributed by atoms with Crippen LogP contribution in [0.5, 0.6) is 5.75 Å². The maximum Gasteiger partial charge on any atom is 0.251 e. The second-order valence-corrected chi connectivity index (χ2v) is 6.66. The first-order valence-corrected chi connectivity index (χ1v) is 8.65. The lowest BCUT2D eigenvalue weighted by Gasteiger charge is -2.22. The number of carbonyl (C=O) groups is 2. The third-order valence-corrected chi connectivity index (χ3v) is 4.45. The van der Waals surface area contributed by atoms with Crippen molar-refractivity contribution in [2.45, 2.75) is 33.7 Å². The van der Waals surface area contributed by atoms with Crippen molar-refractivity contribution in [3.63, 3.8) is 0 Å². The number of rotatable bonds is 6. The van der Waals surface area contributed by atoms with Gasteiger partial charge in [-0.15, -0.1) is 0 Å². The van der Waals surface area contributed by atoms with E-state index >= 15 is 0 Å². The van der Waals surface area contributed by atoms with Gasteiger partial charge < -0.3 is 15.4 Å². The van der Waals surface area contributed by atoms with Gasteiger partial charge in [-0.2, -0.15) is 0 Å². The molecule has 0 bridgehead atoms. The van der Waals surface area contributed by atoms with Crippen molar-refractivity contribution in [3.05, 3.63) is 59.2 Å². The van der Waals surface area contributed by atoms with Gasteiger partial charge >= 0.3 is 0 Å². The number of carbonyl (C=O) groups excluding carboxylic acids is 2. The molecule has 0 saturated heterocycles. The van der Waals surface area contributed by atoms with Gasteiger partial charge in [-0.3, -0.25) is 9.59 Å². The van der Waals surface area contributed by atoms with Crippen LogP contribution in [-0.4, -0.2) is 25.0 Å². The molecule has 5 heteroatoms. The first-order valence-electron chi connectivity index (χ1n) is 8.65. The van der Waals surface area contributed by atoms with E-state index in [9.17, 15) is 9.59 Å². The molecule has 0 aliphatic rings. The molecule has 0 spiro atoms. The number of aryl methyl sites for hydroxylation is 1. The highest BCUT2D eigenvalue weighted by atomic mass is 16.5. The summed E-state index contributed by atoms with van der Waals surface area (Å²) in [6.07, 6.45) is 0. The maximum atomic E-state index is 12.7. The van der Waals surface area contributed by atoms with Gasteiger partial charge in [0.05, 0.1) is 7.11 Å². The number of benzene rings is 2. The zero-order valence-electron chi connectivity index (χ0n) is 15.9. The fourth-order valence-corrected chi connectivity index (χ4v) is 2.60. The quantitative estimate of drug-likeness (QED) is 0.831. The number of methoxy groups -OCH3 is 1. The summed E-state index contributed by atoms with van der Waals surface area (Å²) in [7, 11) is 1.57. The minimum atomic E-state index is -0.635. The van der Waals surface area contributed by atoms with E-state index in [0.29, 0.717) is 11.3 Å². The molecule has 0 aliphatic carbocycles. The monoisotopic (exact) mass is 354 g/mol. The molecule has 2 aromatic rings. The summed E-state index contributed by atoms with van der Waals surface area (Å²) >= 11 is 0. The zero-order chi connectivity index (χ0) is 19.3. The highest BCUT2D eigenvalue weighted by Gasteiger charge is 2.25. The van der Waals surface area contributed by atoms with Crippen LogP contribution >= 0.6 is 0 Å². The molecule has 0 radical (unpaired) electrons. The normalized spacial score (nSPS) is 11.8. The first kappa shape index (κ1) is 19.5. The van der Waals surface area contributed by atoms with Gasteiger partial charge in [0.15, 0.2) is 0 Å². The topological polar surface area (TPSA) is 67.4 Å². The van der Waals surface area contributed by atoms with Gasteiger partial charge in [0.25, 0.3) is 5.91 Å². The molecule has 5 nitrogen and oxygen atoms in total. The first-order chi connectivity index (χ1) is 12.3. The van der Waals surface area contributed by atoms with E-state index in [1.165, 1.54) is 0 Å². The van der Waals surface area contributed by atoms with Crippen LogP contribution in [0.2, 0.25) is 0 Å². The lowest BCUT2D eigenvalue weighted by atomic mass is 10.0.